The molecule has 0 amide bonds. The topological polar surface area (TPSA) is 37.4 Å². The van der Waals surface area contributed by atoms with Gasteiger partial charge in [-0.3, -0.25) is 9.59 Å². The first-order valence-corrected chi connectivity index (χ1v) is 11.4. The van der Waals surface area contributed by atoms with Crippen molar-refractivity contribution >= 4 is 17.3 Å². The molecule has 154 valence electrons. The summed E-state index contributed by atoms with van der Waals surface area (Å²) >= 11 is 0. The molecule has 0 saturated heterocycles. The molecule has 3 fully saturated rings. The highest BCUT2D eigenvalue weighted by molar-refractivity contribution is 5.87. The molecule has 4 aliphatic rings. The molecule has 3 nitrogen and oxygen atoms in total. The van der Waals surface area contributed by atoms with E-state index in [2.05, 4.69) is 56.3 Å². The van der Waals surface area contributed by atoms with E-state index >= 15 is 0 Å². The molecule has 5 rings (SSSR count). The summed E-state index contributed by atoms with van der Waals surface area (Å²) < 4.78 is 0. The molecule has 0 N–H and O–H groups in total. The number of benzene rings is 1. The summed E-state index contributed by atoms with van der Waals surface area (Å²) in [6, 6.07) is 9.04. The Morgan fingerprint density at radius 1 is 1.00 bits per heavy atom. The van der Waals surface area contributed by atoms with Gasteiger partial charge >= 0.3 is 0 Å². The fourth-order valence-electron chi connectivity index (χ4n) is 7.37. The van der Waals surface area contributed by atoms with E-state index in [0.29, 0.717) is 47.6 Å². The quantitative estimate of drug-likeness (QED) is 0.654. The third-order valence-electron chi connectivity index (χ3n) is 8.82. The number of fused-ring (bicyclic) bond motifs is 5. The van der Waals surface area contributed by atoms with E-state index in [1.165, 1.54) is 16.8 Å². The average Bonchev–Trinajstić information content (AvgIpc) is 3.01. The Balaban J connectivity index is 1.57. The predicted octanol–water partition coefficient (Wildman–Crippen LogP) is 5.16. The van der Waals surface area contributed by atoms with Crippen LogP contribution in [0.3, 0.4) is 0 Å². The van der Waals surface area contributed by atoms with Crippen LogP contribution >= 0.6 is 0 Å². The van der Waals surface area contributed by atoms with Crippen molar-refractivity contribution in [3.05, 3.63) is 41.5 Å². The molecule has 29 heavy (non-hydrogen) atoms. The Morgan fingerprint density at radius 3 is 2.48 bits per heavy atom. The monoisotopic (exact) mass is 391 g/mol. The highest BCUT2D eigenvalue weighted by Gasteiger charge is 2.59. The van der Waals surface area contributed by atoms with E-state index in [1.807, 2.05) is 0 Å². The van der Waals surface area contributed by atoms with Crippen LogP contribution < -0.4 is 4.90 Å². The fourth-order valence-corrected chi connectivity index (χ4v) is 7.37. The van der Waals surface area contributed by atoms with Gasteiger partial charge in [0.05, 0.1) is 0 Å². The smallest absolute Gasteiger partial charge is 0.139 e. The van der Waals surface area contributed by atoms with Crippen LogP contribution in [0.4, 0.5) is 5.69 Å². The maximum atomic E-state index is 13.0. The Labute approximate surface area is 174 Å². The third-order valence-corrected chi connectivity index (χ3v) is 8.82. The Bertz CT molecular complexity index is 867. The summed E-state index contributed by atoms with van der Waals surface area (Å²) in [6.45, 7) is 2.26. The summed E-state index contributed by atoms with van der Waals surface area (Å²) in [5, 5.41) is 0. The second-order valence-electron chi connectivity index (χ2n) is 10.4. The molecule has 0 radical (unpaired) electrons. The van der Waals surface area contributed by atoms with Crippen molar-refractivity contribution in [2.45, 2.75) is 57.8 Å². The number of carbonyl (C=O) groups excluding carboxylic acids is 2. The summed E-state index contributed by atoms with van der Waals surface area (Å²) in [5.74, 6) is 3.54. The van der Waals surface area contributed by atoms with Gasteiger partial charge in [-0.15, -0.1) is 0 Å². The summed E-state index contributed by atoms with van der Waals surface area (Å²) in [7, 11) is 4.15. The van der Waals surface area contributed by atoms with Crippen molar-refractivity contribution in [2.24, 2.45) is 29.1 Å². The lowest BCUT2D eigenvalue weighted by atomic mass is 9.48. The van der Waals surface area contributed by atoms with Gasteiger partial charge < -0.3 is 4.90 Å². The number of hydrogen-bond acceptors (Lipinski definition) is 3. The second-order valence-corrected chi connectivity index (χ2v) is 10.4. The number of nitrogens with zero attached hydrogens (tertiary/aromatic N) is 1. The number of carbonyl (C=O) groups is 2. The number of Topliss-reactive ketones (excluding diaryl/α,β-unsaturated/α-hetero) is 2. The van der Waals surface area contributed by atoms with Gasteiger partial charge in [-0.1, -0.05) is 30.7 Å². The van der Waals surface area contributed by atoms with Crippen molar-refractivity contribution in [1.29, 1.82) is 0 Å². The highest BCUT2D eigenvalue weighted by Crippen LogP contribution is 2.64. The lowest BCUT2D eigenvalue weighted by Crippen LogP contribution is -2.49. The summed E-state index contributed by atoms with van der Waals surface area (Å²) in [6.07, 6.45) is 8.67. The highest BCUT2D eigenvalue weighted by atomic mass is 16.1. The van der Waals surface area contributed by atoms with Crippen molar-refractivity contribution in [3.8, 4) is 0 Å². The van der Waals surface area contributed by atoms with Gasteiger partial charge in [0, 0.05) is 44.5 Å². The first-order valence-electron chi connectivity index (χ1n) is 11.4. The predicted molar refractivity (Wildman–Crippen MR) is 116 cm³/mol. The van der Waals surface area contributed by atoms with E-state index < -0.39 is 0 Å². The van der Waals surface area contributed by atoms with Gasteiger partial charge in [0.15, 0.2) is 0 Å². The zero-order chi connectivity index (χ0) is 20.3. The van der Waals surface area contributed by atoms with Crippen molar-refractivity contribution < 1.29 is 9.59 Å². The van der Waals surface area contributed by atoms with E-state index in [9.17, 15) is 9.59 Å². The largest absolute Gasteiger partial charge is 0.378 e. The van der Waals surface area contributed by atoms with Crippen LogP contribution in [-0.4, -0.2) is 25.7 Å². The molecule has 0 heterocycles. The zero-order valence-electron chi connectivity index (χ0n) is 18.0. The normalized spacial score (nSPS) is 38.7. The van der Waals surface area contributed by atoms with E-state index in [4.69, 9.17) is 0 Å². The molecule has 1 aromatic carbocycles. The molecular weight excluding hydrogens is 358 g/mol. The lowest BCUT2D eigenvalue weighted by Gasteiger charge is -2.55. The van der Waals surface area contributed by atoms with Crippen LogP contribution in [0.15, 0.2) is 35.9 Å². The number of hydrogen-bond donors (Lipinski definition) is 0. The fraction of sp³-hybridized carbons (Fsp3) is 0.615. The lowest BCUT2D eigenvalue weighted by molar-refractivity contribution is -0.131. The first kappa shape index (κ1) is 19.1. The van der Waals surface area contributed by atoms with Gasteiger partial charge in [0.25, 0.3) is 0 Å². The molecule has 1 aromatic rings. The molecule has 0 bridgehead atoms. The Hall–Kier alpha value is -1.90. The maximum Gasteiger partial charge on any atom is 0.139 e. The summed E-state index contributed by atoms with van der Waals surface area (Å²) in [4.78, 5) is 27.2. The van der Waals surface area contributed by atoms with Crippen LogP contribution in [0.5, 0.6) is 0 Å². The van der Waals surface area contributed by atoms with E-state index in [-0.39, 0.29) is 5.41 Å². The van der Waals surface area contributed by atoms with Gasteiger partial charge in [-0.25, -0.2) is 0 Å². The number of allylic oxidation sites excluding steroid dienone is 2. The average molecular weight is 392 g/mol. The van der Waals surface area contributed by atoms with Crippen molar-refractivity contribution in [1.82, 2.24) is 0 Å². The van der Waals surface area contributed by atoms with Crippen LogP contribution in [0.25, 0.3) is 0 Å². The minimum Gasteiger partial charge on any atom is -0.378 e. The van der Waals surface area contributed by atoms with Crippen LogP contribution in [-0.2, 0) is 9.59 Å². The van der Waals surface area contributed by atoms with Crippen LogP contribution in [0.1, 0.15) is 63.4 Å². The second kappa shape index (κ2) is 6.82. The molecule has 3 heteroatoms. The standard InChI is InChI=1S/C26H33NO2/c1-26-15-22(16-4-7-18(8-5-16)27(2)3)25-20-11-9-19(28)14-17(20)6-10-21(25)23(26)12-13-24(26)29/h4-8,20-23,25H,9-15H2,1-3H3/t20-,21-,22+,23-,25+,26-/m0/s1. The number of anilines is 1. The molecule has 6 atom stereocenters. The molecule has 0 aliphatic heterocycles. The molecular formula is C26H33NO2. The first-order chi connectivity index (χ1) is 13.9. The SMILES string of the molecule is CN(C)c1ccc([C@H]2C[C@]3(C)C(=O)CC[C@H]3[C@@H]3CC=C4CC(=O)CC[C@@H]4[C@H]32)cc1. The van der Waals surface area contributed by atoms with Gasteiger partial charge in [0.2, 0.25) is 0 Å². The third kappa shape index (κ3) is 2.92. The van der Waals surface area contributed by atoms with Gasteiger partial charge in [-0.2, -0.15) is 0 Å². The summed E-state index contributed by atoms with van der Waals surface area (Å²) in [5.41, 5.74) is 3.85. The van der Waals surface area contributed by atoms with Gasteiger partial charge in [0.1, 0.15) is 11.6 Å². The molecule has 0 aromatic heterocycles. The molecule has 4 aliphatic carbocycles. The molecule has 0 unspecified atom stereocenters. The number of rotatable bonds is 2. The van der Waals surface area contributed by atoms with Crippen LogP contribution in [0.2, 0.25) is 0 Å². The molecule has 3 saturated carbocycles. The Morgan fingerprint density at radius 2 is 1.76 bits per heavy atom. The van der Waals surface area contributed by atoms with Crippen molar-refractivity contribution in [3.63, 3.8) is 0 Å². The minimum atomic E-state index is -0.165. The van der Waals surface area contributed by atoms with Crippen LogP contribution in [0, 0.1) is 29.1 Å². The van der Waals surface area contributed by atoms with Crippen molar-refractivity contribution in [2.75, 3.05) is 19.0 Å². The minimum absolute atomic E-state index is 0.165. The Kier molecular flexibility index (Phi) is 4.49. The van der Waals surface area contributed by atoms with E-state index in [0.717, 1.165) is 38.5 Å². The van der Waals surface area contributed by atoms with Gasteiger partial charge in [-0.05, 0) is 73.0 Å². The zero-order valence-corrected chi connectivity index (χ0v) is 18.0. The number of ketones is 2. The van der Waals surface area contributed by atoms with E-state index in [1.54, 1.807) is 0 Å². The molecule has 0 spiro atoms. The maximum absolute atomic E-state index is 13.0.